The number of methoxy groups -OCH3 is 1. The van der Waals surface area contributed by atoms with E-state index in [9.17, 15) is 0 Å². The number of nitrogens with zero attached hydrogens (tertiary/aromatic N) is 1. The zero-order chi connectivity index (χ0) is 10.0. The van der Waals surface area contributed by atoms with Crippen LogP contribution in [0.25, 0.3) is 0 Å². The normalized spacial score (nSPS) is 26.4. The summed E-state index contributed by atoms with van der Waals surface area (Å²) >= 11 is 0. The van der Waals surface area contributed by atoms with Gasteiger partial charge in [-0.15, -0.1) is 0 Å². The predicted octanol–water partition coefficient (Wildman–Crippen LogP) is 1.34. The Morgan fingerprint density at radius 1 is 1.50 bits per heavy atom. The molecule has 0 spiro atoms. The Kier molecular flexibility index (Phi) is 2.42. The Labute approximate surface area is 84.5 Å². The van der Waals surface area contributed by atoms with Crippen LogP contribution in [0.2, 0.25) is 0 Å². The Balaban J connectivity index is 2.30. The van der Waals surface area contributed by atoms with E-state index in [4.69, 9.17) is 4.74 Å². The number of rotatable bonds is 2. The summed E-state index contributed by atoms with van der Waals surface area (Å²) in [5.74, 6) is 0.704. The highest BCUT2D eigenvalue weighted by molar-refractivity contribution is 5.23. The van der Waals surface area contributed by atoms with Gasteiger partial charge >= 0.3 is 0 Å². The number of hydrogen-bond donors (Lipinski definition) is 1. The molecule has 1 unspecified atom stereocenters. The topological polar surface area (TPSA) is 34.1 Å². The molecule has 0 amide bonds. The van der Waals surface area contributed by atoms with Gasteiger partial charge in [0.15, 0.2) is 0 Å². The lowest BCUT2D eigenvalue weighted by atomic mass is 9.86. The van der Waals surface area contributed by atoms with Crippen LogP contribution in [0.4, 0.5) is 0 Å². The van der Waals surface area contributed by atoms with Gasteiger partial charge in [0.2, 0.25) is 5.88 Å². The van der Waals surface area contributed by atoms with Crippen LogP contribution >= 0.6 is 0 Å². The molecule has 1 fully saturated rings. The lowest BCUT2D eigenvalue weighted by molar-refractivity contribution is 0.389. The highest BCUT2D eigenvalue weighted by atomic mass is 16.5. The molecule has 1 aromatic heterocycles. The minimum absolute atomic E-state index is 0.175. The van der Waals surface area contributed by atoms with E-state index in [-0.39, 0.29) is 5.41 Å². The van der Waals surface area contributed by atoms with Gasteiger partial charge in [-0.25, -0.2) is 4.98 Å². The third-order valence-electron chi connectivity index (χ3n) is 2.92. The van der Waals surface area contributed by atoms with Gasteiger partial charge in [-0.3, -0.25) is 0 Å². The van der Waals surface area contributed by atoms with Gasteiger partial charge in [0, 0.05) is 18.0 Å². The van der Waals surface area contributed by atoms with Crippen molar-refractivity contribution in [2.24, 2.45) is 0 Å². The van der Waals surface area contributed by atoms with E-state index in [0.29, 0.717) is 5.88 Å². The van der Waals surface area contributed by atoms with E-state index in [1.807, 2.05) is 12.1 Å². The minimum Gasteiger partial charge on any atom is -0.481 e. The molecule has 1 aliphatic rings. The molecular weight excluding hydrogens is 176 g/mol. The Hall–Kier alpha value is -1.09. The largest absolute Gasteiger partial charge is 0.481 e. The molecule has 0 radical (unpaired) electrons. The van der Waals surface area contributed by atoms with Gasteiger partial charge in [-0.2, -0.15) is 0 Å². The molecular formula is C11H16N2O. The second-order valence-corrected chi connectivity index (χ2v) is 4.05. The van der Waals surface area contributed by atoms with Gasteiger partial charge < -0.3 is 10.1 Å². The average molecular weight is 192 g/mol. The number of hydrogen-bond acceptors (Lipinski definition) is 3. The smallest absolute Gasteiger partial charge is 0.213 e. The van der Waals surface area contributed by atoms with Crippen LogP contribution in [0.15, 0.2) is 18.2 Å². The summed E-state index contributed by atoms with van der Waals surface area (Å²) in [5, 5.41) is 3.37. The van der Waals surface area contributed by atoms with Crippen molar-refractivity contribution >= 4 is 0 Å². The molecule has 0 saturated carbocycles. The zero-order valence-electron chi connectivity index (χ0n) is 8.71. The molecule has 0 aliphatic carbocycles. The third-order valence-corrected chi connectivity index (χ3v) is 2.92. The van der Waals surface area contributed by atoms with Crippen molar-refractivity contribution in [2.75, 3.05) is 20.2 Å². The Morgan fingerprint density at radius 3 is 3.00 bits per heavy atom. The molecule has 1 aliphatic heterocycles. The molecule has 3 heteroatoms. The van der Waals surface area contributed by atoms with Gasteiger partial charge in [0.1, 0.15) is 0 Å². The van der Waals surface area contributed by atoms with Gasteiger partial charge in [0.05, 0.1) is 12.8 Å². The van der Waals surface area contributed by atoms with Crippen molar-refractivity contribution in [2.45, 2.75) is 18.8 Å². The summed E-state index contributed by atoms with van der Waals surface area (Å²) in [6.07, 6.45) is 1.15. The monoisotopic (exact) mass is 192 g/mol. The molecule has 1 N–H and O–H groups in total. The molecule has 76 valence electrons. The molecule has 1 aromatic rings. The predicted molar refractivity (Wildman–Crippen MR) is 55.6 cm³/mol. The van der Waals surface area contributed by atoms with E-state index >= 15 is 0 Å². The molecule has 0 bridgehead atoms. The fourth-order valence-electron chi connectivity index (χ4n) is 1.90. The van der Waals surface area contributed by atoms with Crippen LogP contribution in [-0.4, -0.2) is 25.2 Å². The van der Waals surface area contributed by atoms with Gasteiger partial charge in [-0.05, 0) is 19.0 Å². The van der Waals surface area contributed by atoms with E-state index in [0.717, 1.165) is 25.2 Å². The summed E-state index contributed by atoms with van der Waals surface area (Å²) in [7, 11) is 1.65. The Bertz CT molecular complexity index is 319. The van der Waals surface area contributed by atoms with Crippen molar-refractivity contribution in [3.05, 3.63) is 23.9 Å². The van der Waals surface area contributed by atoms with Gasteiger partial charge in [-0.1, -0.05) is 13.0 Å². The van der Waals surface area contributed by atoms with Crippen molar-refractivity contribution in [3.8, 4) is 5.88 Å². The fraction of sp³-hybridized carbons (Fsp3) is 0.545. The quantitative estimate of drug-likeness (QED) is 0.768. The number of aromatic nitrogens is 1. The number of nitrogens with one attached hydrogen (secondary N) is 1. The highest BCUT2D eigenvalue weighted by Crippen LogP contribution is 2.29. The van der Waals surface area contributed by atoms with Crippen LogP contribution < -0.4 is 10.1 Å². The Morgan fingerprint density at radius 2 is 2.36 bits per heavy atom. The lowest BCUT2D eigenvalue weighted by Crippen LogP contribution is -2.26. The van der Waals surface area contributed by atoms with E-state index in [1.165, 1.54) is 0 Å². The summed E-state index contributed by atoms with van der Waals surface area (Å²) in [5.41, 5.74) is 1.30. The fourth-order valence-corrected chi connectivity index (χ4v) is 1.90. The number of ether oxygens (including phenoxy) is 1. The lowest BCUT2D eigenvalue weighted by Gasteiger charge is -2.21. The van der Waals surface area contributed by atoms with Crippen LogP contribution in [0.3, 0.4) is 0 Å². The van der Waals surface area contributed by atoms with Crippen LogP contribution in [0, 0.1) is 0 Å². The maximum absolute atomic E-state index is 5.13. The highest BCUT2D eigenvalue weighted by Gasteiger charge is 2.31. The summed E-state index contributed by atoms with van der Waals surface area (Å²) in [6, 6.07) is 5.97. The summed E-state index contributed by atoms with van der Waals surface area (Å²) in [6.45, 7) is 4.33. The molecule has 2 rings (SSSR count). The van der Waals surface area contributed by atoms with E-state index in [1.54, 1.807) is 7.11 Å². The summed E-state index contributed by atoms with van der Waals surface area (Å²) < 4.78 is 5.13. The van der Waals surface area contributed by atoms with Crippen molar-refractivity contribution in [1.82, 2.24) is 10.3 Å². The third kappa shape index (κ3) is 1.60. The van der Waals surface area contributed by atoms with E-state index < -0.39 is 0 Å². The minimum atomic E-state index is 0.175. The van der Waals surface area contributed by atoms with Crippen LogP contribution in [0.1, 0.15) is 19.0 Å². The van der Waals surface area contributed by atoms with Crippen molar-refractivity contribution in [3.63, 3.8) is 0 Å². The second kappa shape index (κ2) is 3.58. The molecule has 2 heterocycles. The summed E-state index contributed by atoms with van der Waals surface area (Å²) in [4.78, 5) is 4.48. The van der Waals surface area contributed by atoms with E-state index in [2.05, 4.69) is 23.3 Å². The molecule has 3 nitrogen and oxygen atoms in total. The maximum atomic E-state index is 5.13. The van der Waals surface area contributed by atoms with Gasteiger partial charge in [0.25, 0.3) is 0 Å². The SMILES string of the molecule is COc1cccc(C2(C)CCNC2)n1. The number of pyridine rings is 1. The second-order valence-electron chi connectivity index (χ2n) is 4.05. The van der Waals surface area contributed by atoms with Crippen molar-refractivity contribution < 1.29 is 4.74 Å². The first-order valence-electron chi connectivity index (χ1n) is 4.97. The van der Waals surface area contributed by atoms with Crippen molar-refractivity contribution in [1.29, 1.82) is 0 Å². The molecule has 14 heavy (non-hydrogen) atoms. The first kappa shape index (κ1) is 9.46. The first-order chi connectivity index (χ1) is 6.74. The molecule has 1 saturated heterocycles. The zero-order valence-corrected chi connectivity index (χ0v) is 8.71. The first-order valence-corrected chi connectivity index (χ1v) is 4.97. The molecule has 1 atom stereocenters. The average Bonchev–Trinajstić information content (AvgIpc) is 2.67. The van der Waals surface area contributed by atoms with Crippen LogP contribution in [0.5, 0.6) is 5.88 Å². The maximum Gasteiger partial charge on any atom is 0.213 e. The van der Waals surface area contributed by atoms with Crippen LogP contribution in [-0.2, 0) is 5.41 Å². The molecule has 0 aromatic carbocycles. The standard InChI is InChI=1S/C11H16N2O/c1-11(6-7-12-8-11)9-4-3-5-10(13-9)14-2/h3-5,12H,6-8H2,1-2H3.